The van der Waals surface area contributed by atoms with E-state index in [2.05, 4.69) is 15.9 Å². The lowest BCUT2D eigenvalue weighted by Gasteiger charge is -2.10. The van der Waals surface area contributed by atoms with E-state index in [9.17, 15) is 14.9 Å². The first kappa shape index (κ1) is 15.3. The molecule has 0 aliphatic heterocycles. The Morgan fingerprint density at radius 1 is 1.29 bits per heavy atom. The minimum Gasteiger partial charge on any atom is -0.478 e. The van der Waals surface area contributed by atoms with Crippen molar-refractivity contribution in [1.29, 1.82) is 0 Å². The number of aromatic carboxylic acids is 1. The number of ether oxygens (including phenoxy) is 1. The van der Waals surface area contributed by atoms with Crippen LogP contribution in [0.1, 0.15) is 10.4 Å². The zero-order valence-corrected chi connectivity index (χ0v) is 12.6. The molecular formula is C13H7BrClNO5. The monoisotopic (exact) mass is 371 g/mol. The van der Waals surface area contributed by atoms with Gasteiger partial charge in [-0.05, 0) is 30.3 Å². The van der Waals surface area contributed by atoms with Gasteiger partial charge in [0.05, 0.1) is 4.92 Å². The molecule has 2 aromatic carbocycles. The topological polar surface area (TPSA) is 89.7 Å². The van der Waals surface area contributed by atoms with Gasteiger partial charge in [0, 0.05) is 4.47 Å². The van der Waals surface area contributed by atoms with Crippen LogP contribution in [0.4, 0.5) is 5.69 Å². The van der Waals surface area contributed by atoms with E-state index in [1.54, 1.807) is 6.07 Å². The van der Waals surface area contributed by atoms with Gasteiger partial charge in [0.15, 0.2) is 0 Å². The number of halogens is 2. The van der Waals surface area contributed by atoms with Gasteiger partial charge in [-0.1, -0.05) is 33.6 Å². The number of carbonyl (C=O) groups is 1. The molecular weight excluding hydrogens is 366 g/mol. The number of para-hydroxylation sites is 1. The molecule has 0 heterocycles. The van der Waals surface area contributed by atoms with Crippen LogP contribution in [0, 0.1) is 10.1 Å². The van der Waals surface area contributed by atoms with E-state index in [1.807, 2.05) is 0 Å². The van der Waals surface area contributed by atoms with Crippen LogP contribution < -0.4 is 4.74 Å². The van der Waals surface area contributed by atoms with Gasteiger partial charge in [0.2, 0.25) is 5.75 Å². The summed E-state index contributed by atoms with van der Waals surface area (Å²) in [5.41, 5.74) is -0.544. The summed E-state index contributed by atoms with van der Waals surface area (Å²) >= 11 is 8.92. The molecule has 0 radical (unpaired) electrons. The van der Waals surface area contributed by atoms with Crippen molar-refractivity contribution in [2.24, 2.45) is 0 Å². The molecule has 0 saturated heterocycles. The maximum absolute atomic E-state index is 11.2. The molecule has 21 heavy (non-hydrogen) atoms. The van der Waals surface area contributed by atoms with Crippen LogP contribution in [0.15, 0.2) is 40.9 Å². The Bertz CT molecular complexity index is 734. The number of nitro groups is 1. The average Bonchev–Trinajstić information content (AvgIpc) is 2.40. The summed E-state index contributed by atoms with van der Waals surface area (Å²) in [6, 6.07) is 8.48. The van der Waals surface area contributed by atoms with E-state index in [1.165, 1.54) is 30.3 Å². The standard InChI is InChI=1S/C13H7BrClNO5/c14-7-4-5-10(8(6-7)13(17)18)21-11-3-1-2-9(15)12(11)16(19)20/h1-6H,(H,17,18). The fraction of sp³-hybridized carbons (Fsp3) is 0. The summed E-state index contributed by atoms with van der Waals surface area (Å²) in [5.74, 6) is -1.36. The van der Waals surface area contributed by atoms with Crippen LogP contribution in [-0.4, -0.2) is 16.0 Å². The molecule has 2 rings (SSSR count). The molecule has 8 heteroatoms. The summed E-state index contributed by atoms with van der Waals surface area (Å²) in [4.78, 5) is 21.5. The van der Waals surface area contributed by atoms with Crippen LogP contribution in [-0.2, 0) is 0 Å². The summed E-state index contributed by atoms with van der Waals surface area (Å²) in [7, 11) is 0. The predicted octanol–water partition coefficient (Wildman–Crippen LogP) is 4.50. The maximum Gasteiger partial charge on any atom is 0.339 e. The highest BCUT2D eigenvalue weighted by Gasteiger charge is 2.22. The van der Waals surface area contributed by atoms with Crippen molar-refractivity contribution in [3.8, 4) is 11.5 Å². The first-order chi connectivity index (χ1) is 9.90. The fourth-order valence-corrected chi connectivity index (χ4v) is 2.23. The molecule has 2 aromatic rings. The maximum atomic E-state index is 11.2. The lowest BCUT2D eigenvalue weighted by molar-refractivity contribution is -0.385. The highest BCUT2D eigenvalue weighted by molar-refractivity contribution is 9.10. The molecule has 0 saturated carbocycles. The largest absolute Gasteiger partial charge is 0.478 e. The third kappa shape index (κ3) is 3.32. The summed E-state index contributed by atoms with van der Waals surface area (Å²) < 4.78 is 5.92. The first-order valence-corrected chi connectivity index (χ1v) is 6.71. The molecule has 0 fully saturated rings. The van der Waals surface area contributed by atoms with Gasteiger partial charge in [-0.25, -0.2) is 4.79 Å². The number of hydrogen-bond acceptors (Lipinski definition) is 4. The Hall–Kier alpha value is -2.12. The van der Waals surface area contributed by atoms with Crippen LogP contribution in [0.5, 0.6) is 11.5 Å². The second-order valence-electron chi connectivity index (χ2n) is 3.89. The first-order valence-electron chi connectivity index (χ1n) is 5.53. The minimum atomic E-state index is -1.21. The number of nitrogens with zero attached hydrogens (tertiary/aromatic N) is 1. The van der Waals surface area contributed by atoms with Crippen molar-refractivity contribution in [2.45, 2.75) is 0 Å². The molecule has 0 spiro atoms. The number of nitro benzene ring substituents is 1. The van der Waals surface area contributed by atoms with E-state index in [0.29, 0.717) is 4.47 Å². The van der Waals surface area contributed by atoms with E-state index in [0.717, 1.165) is 0 Å². The van der Waals surface area contributed by atoms with Gasteiger partial charge < -0.3 is 9.84 Å². The fourth-order valence-electron chi connectivity index (χ4n) is 1.63. The zero-order valence-electron chi connectivity index (χ0n) is 10.2. The van der Waals surface area contributed by atoms with Crippen molar-refractivity contribution in [3.05, 3.63) is 61.6 Å². The van der Waals surface area contributed by atoms with Gasteiger partial charge in [-0.3, -0.25) is 10.1 Å². The van der Waals surface area contributed by atoms with Gasteiger partial charge in [-0.15, -0.1) is 0 Å². The van der Waals surface area contributed by atoms with Gasteiger partial charge in [0.1, 0.15) is 16.3 Å². The highest BCUT2D eigenvalue weighted by Crippen LogP contribution is 2.38. The molecule has 0 unspecified atom stereocenters. The van der Waals surface area contributed by atoms with E-state index in [4.69, 9.17) is 21.4 Å². The third-order valence-electron chi connectivity index (χ3n) is 2.52. The van der Waals surface area contributed by atoms with E-state index < -0.39 is 16.6 Å². The smallest absolute Gasteiger partial charge is 0.339 e. The van der Waals surface area contributed by atoms with Crippen molar-refractivity contribution >= 4 is 39.2 Å². The Labute approximate surface area is 132 Å². The SMILES string of the molecule is O=C(O)c1cc(Br)ccc1Oc1cccc(Cl)c1[N+](=O)[O-]. The molecule has 0 aliphatic rings. The van der Waals surface area contributed by atoms with Crippen LogP contribution in [0.3, 0.4) is 0 Å². The van der Waals surface area contributed by atoms with Gasteiger partial charge in [-0.2, -0.15) is 0 Å². The van der Waals surface area contributed by atoms with Crippen LogP contribution in [0.2, 0.25) is 5.02 Å². The summed E-state index contributed by atoms with van der Waals surface area (Å²) in [6.07, 6.45) is 0. The second-order valence-corrected chi connectivity index (χ2v) is 5.21. The van der Waals surface area contributed by atoms with Crippen molar-refractivity contribution in [1.82, 2.24) is 0 Å². The molecule has 0 bridgehead atoms. The second kappa shape index (κ2) is 6.11. The van der Waals surface area contributed by atoms with Crippen LogP contribution >= 0.6 is 27.5 Å². The predicted molar refractivity (Wildman–Crippen MR) is 79.3 cm³/mol. The van der Waals surface area contributed by atoms with Crippen molar-refractivity contribution in [2.75, 3.05) is 0 Å². The normalized spacial score (nSPS) is 10.2. The van der Waals surface area contributed by atoms with E-state index >= 15 is 0 Å². The Morgan fingerprint density at radius 2 is 2.00 bits per heavy atom. The molecule has 0 atom stereocenters. The average molecular weight is 373 g/mol. The van der Waals surface area contributed by atoms with Gasteiger partial charge in [0.25, 0.3) is 0 Å². The number of carboxylic acid groups (broad SMARTS) is 1. The molecule has 108 valence electrons. The third-order valence-corrected chi connectivity index (χ3v) is 3.32. The Morgan fingerprint density at radius 3 is 2.62 bits per heavy atom. The molecule has 0 aromatic heterocycles. The number of carboxylic acids is 1. The molecule has 6 nitrogen and oxygen atoms in total. The lowest BCUT2D eigenvalue weighted by Crippen LogP contribution is -2.01. The van der Waals surface area contributed by atoms with E-state index in [-0.39, 0.29) is 22.1 Å². The Kier molecular flexibility index (Phi) is 4.44. The summed E-state index contributed by atoms with van der Waals surface area (Å²) in [5, 5.41) is 20.1. The quantitative estimate of drug-likeness (QED) is 0.630. The Balaban J connectivity index is 2.51. The molecule has 1 N–H and O–H groups in total. The number of rotatable bonds is 4. The summed E-state index contributed by atoms with van der Waals surface area (Å²) in [6.45, 7) is 0. The highest BCUT2D eigenvalue weighted by atomic mass is 79.9. The lowest BCUT2D eigenvalue weighted by atomic mass is 10.2. The van der Waals surface area contributed by atoms with Crippen molar-refractivity contribution in [3.63, 3.8) is 0 Å². The molecule has 0 aliphatic carbocycles. The van der Waals surface area contributed by atoms with Gasteiger partial charge >= 0.3 is 11.7 Å². The minimum absolute atomic E-state index is 0.0175. The number of benzene rings is 2. The van der Waals surface area contributed by atoms with Crippen LogP contribution in [0.25, 0.3) is 0 Å². The van der Waals surface area contributed by atoms with Crippen molar-refractivity contribution < 1.29 is 19.6 Å². The number of hydrogen-bond donors (Lipinski definition) is 1. The zero-order chi connectivity index (χ0) is 15.6. The molecule has 0 amide bonds.